The molecule has 3 aromatic rings. The highest BCUT2D eigenvalue weighted by Crippen LogP contribution is 2.42. The molecule has 0 saturated carbocycles. The number of nitrogens with zero attached hydrogens (tertiary/aromatic N) is 3. The Bertz CT molecular complexity index is 1500. The second-order valence-corrected chi connectivity index (χ2v) is 11.8. The number of aromatic nitrogens is 1. The van der Waals surface area contributed by atoms with Crippen LogP contribution in [0.3, 0.4) is 0 Å². The maximum atomic E-state index is 13.0. The number of thiazole rings is 1. The van der Waals surface area contributed by atoms with Gasteiger partial charge in [0, 0.05) is 23.9 Å². The highest BCUT2D eigenvalue weighted by molar-refractivity contribution is 7.17. The highest BCUT2D eigenvalue weighted by atomic mass is 32.1. The van der Waals surface area contributed by atoms with Crippen LogP contribution in [-0.2, 0) is 16.0 Å². The van der Waals surface area contributed by atoms with E-state index in [1.165, 1.54) is 11.3 Å². The molecule has 194 valence electrons. The summed E-state index contributed by atoms with van der Waals surface area (Å²) in [6.07, 6.45) is 1.09. The van der Waals surface area contributed by atoms with Crippen LogP contribution in [0.2, 0.25) is 0 Å². The average Bonchev–Trinajstić information content (AvgIpc) is 3.61. The molecule has 38 heavy (non-hydrogen) atoms. The van der Waals surface area contributed by atoms with Gasteiger partial charge in [-0.1, -0.05) is 29.5 Å². The summed E-state index contributed by atoms with van der Waals surface area (Å²) in [4.78, 5) is 46.9. The highest BCUT2D eigenvalue weighted by Gasteiger charge is 2.48. The third-order valence-corrected chi connectivity index (χ3v) is 8.67. The van der Waals surface area contributed by atoms with Crippen molar-refractivity contribution in [1.82, 2.24) is 15.2 Å². The Labute approximate surface area is 223 Å². The Morgan fingerprint density at radius 1 is 1.13 bits per heavy atom. The quantitative estimate of drug-likeness (QED) is 0.517. The molecule has 2 amide bonds. The monoisotopic (exact) mass is 530 g/mol. The molecule has 7 rings (SSSR count). The number of nitrogens with one attached hydrogen (secondary N) is 1. The predicted octanol–water partition coefficient (Wildman–Crippen LogP) is 3.55. The first-order valence-corrected chi connectivity index (χ1v) is 13.6. The number of fused-ring (bicyclic) bond motifs is 4. The average molecular weight is 531 g/mol. The fraction of sp³-hybridized carbons (Fsp3) is 0.357. The van der Waals surface area contributed by atoms with Crippen LogP contribution in [0.5, 0.6) is 5.75 Å². The fourth-order valence-corrected chi connectivity index (χ4v) is 6.74. The first kappa shape index (κ1) is 23.2. The lowest BCUT2D eigenvalue weighted by molar-refractivity contribution is -0.149. The van der Waals surface area contributed by atoms with Gasteiger partial charge in [0.25, 0.3) is 11.8 Å². The molecular weight excluding hydrogens is 504 g/mol. The second-order valence-electron chi connectivity index (χ2n) is 10.8. The van der Waals surface area contributed by atoms with Gasteiger partial charge in [-0.05, 0) is 49.2 Å². The van der Waals surface area contributed by atoms with E-state index < -0.39 is 6.04 Å². The smallest absolute Gasteiger partial charge is 0.329 e. The molecule has 2 aromatic carbocycles. The Morgan fingerprint density at radius 2 is 1.92 bits per heavy atom. The number of amides is 2. The summed E-state index contributed by atoms with van der Waals surface area (Å²) in [5, 5.41) is 3.84. The SMILES string of the molecule is CC1(C)Cc2nc(N3CCOc4ccc(-c5ccc(C(=O)N6C[C@@H]7C[C@@H]6C(=O)O7)cc5)cc43)sc2C(=O)N1. The molecule has 4 aliphatic heterocycles. The van der Waals surface area contributed by atoms with Crippen LogP contribution in [0, 0.1) is 0 Å². The number of likely N-dealkylation sites (tertiary alicyclic amines) is 1. The molecule has 2 saturated heterocycles. The van der Waals surface area contributed by atoms with Gasteiger partial charge in [-0.3, -0.25) is 9.59 Å². The number of ether oxygens (including phenoxy) is 2. The van der Waals surface area contributed by atoms with Gasteiger partial charge in [0.15, 0.2) is 5.13 Å². The molecule has 0 unspecified atom stereocenters. The maximum absolute atomic E-state index is 13.0. The zero-order valence-corrected chi connectivity index (χ0v) is 21.8. The van der Waals surface area contributed by atoms with Crippen LogP contribution in [0.15, 0.2) is 42.5 Å². The first-order valence-electron chi connectivity index (χ1n) is 12.7. The molecule has 10 heteroatoms. The maximum Gasteiger partial charge on any atom is 0.329 e. The molecule has 5 heterocycles. The molecule has 2 fully saturated rings. The number of rotatable bonds is 3. The number of hydrogen-bond acceptors (Lipinski definition) is 8. The van der Waals surface area contributed by atoms with E-state index in [4.69, 9.17) is 14.5 Å². The Hall–Kier alpha value is -3.92. The van der Waals surface area contributed by atoms with E-state index in [2.05, 4.69) is 16.3 Å². The molecular formula is C28H26N4O5S. The molecule has 1 aromatic heterocycles. The normalized spacial score (nSPS) is 22.9. The van der Waals surface area contributed by atoms with Gasteiger partial charge in [-0.25, -0.2) is 9.78 Å². The van der Waals surface area contributed by atoms with Gasteiger partial charge in [-0.2, -0.15) is 0 Å². The van der Waals surface area contributed by atoms with Crippen molar-refractivity contribution in [2.45, 2.75) is 44.4 Å². The number of hydrogen-bond donors (Lipinski definition) is 1. The molecule has 0 aliphatic carbocycles. The Morgan fingerprint density at radius 3 is 2.68 bits per heavy atom. The molecule has 0 radical (unpaired) electrons. The van der Waals surface area contributed by atoms with Crippen LogP contribution in [0.25, 0.3) is 11.1 Å². The van der Waals surface area contributed by atoms with Crippen molar-refractivity contribution < 1.29 is 23.9 Å². The summed E-state index contributed by atoms with van der Waals surface area (Å²) < 4.78 is 11.1. The number of carbonyl (C=O) groups excluding carboxylic acids is 3. The van der Waals surface area contributed by atoms with E-state index in [1.807, 2.05) is 38.1 Å². The largest absolute Gasteiger partial charge is 0.490 e. The number of benzene rings is 2. The van der Waals surface area contributed by atoms with Gasteiger partial charge in [0.1, 0.15) is 29.4 Å². The Kier molecular flexibility index (Phi) is 5.07. The summed E-state index contributed by atoms with van der Waals surface area (Å²) in [5.41, 5.74) is 3.89. The minimum Gasteiger partial charge on any atom is -0.490 e. The van der Waals surface area contributed by atoms with Crippen molar-refractivity contribution in [1.29, 1.82) is 0 Å². The van der Waals surface area contributed by atoms with E-state index in [0.29, 0.717) is 43.0 Å². The van der Waals surface area contributed by atoms with Crippen LogP contribution in [-0.4, -0.2) is 65.0 Å². The summed E-state index contributed by atoms with van der Waals surface area (Å²) in [7, 11) is 0. The van der Waals surface area contributed by atoms with E-state index in [0.717, 1.165) is 33.4 Å². The molecule has 1 N–H and O–H groups in total. The van der Waals surface area contributed by atoms with E-state index >= 15 is 0 Å². The van der Waals surface area contributed by atoms with Gasteiger partial charge < -0.3 is 24.6 Å². The van der Waals surface area contributed by atoms with Crippen LogP contribution >= 0.6 is 11.3 Å². The van der Waals surface area contributed by atoms with E-state index in [9.17, 15) is 14.4 Å². The summed E-state index contributed by atoms with van der Waals surface area (Å²) in [6.45, 7) is 5.62. The van der Waals surface area contributed by atoms with Crippen molar-refractivity contribution in [2.24, 2.45) is 0 Å². The lowest BCUT2D eigenvalue weighted by atomic mass is 9.94. The van der Waals surface area contributed by atoms with Gasteiger partial charge in [-0.15, -0.1) is 0 Å². The third kappa shape index (κ3) is 3.74. The number of esters is 1. The zero-order valence-electron chi connectivity index (χ0n) is 21.0. The molecule has 2 atom stereocenters. The van der Waals surface area contributed by atoms with Crippen LogP contribution < -0.4 is 15.0 Å². The molecule has 2 bridgehead atoms. The molecule has 4 aliphatic rings. The zero-order chi connectivity index (χ0) is 26.2. The van der Waals surface area contributed by atoms with Gasteiger partial charge in [0.2, 0.25) is 0 Å². The number of anilines is 2. The number of morpholine rings is 1. The molecule has 0 spiro atoms. The summed E-state index contributed by atoms with van der Waals surface area (Å²) >= 11 is 1.41. The topological polar surface area (TPSA) is 101 Å². The van der Waals surface area contributed by atoms with Crippen molar-refractivity contribution in [3.63, 3.8) is 0 Å². The van der Waals surface area contributed by atoms with Crippen LogP contribution in [0.1, 0.15) is 46.0 Å². The first-order chi connectivity index (χ1) is 18.3. The van der Waals surface area contributed by atoms with Crippen LogP contribution in [0.4, 0.5) is 10.8 Å². The third-order valence-electron chi connectivity index (χ3n) is 7.55. The molecule has 9 nitrogen and oxygen atoms in total. The lowest BCUT2D eigenvalue weighted by Crippen LogP contribution is -2.48. The second kappa shape index (κ2) is 8.29. The van der Waals surface area contributed by atoms with Crippen molar-refractivity contribution in [3.8, 4) is 16.9 Å². The lowest BCUT2D eigenvalue weighted by Gasteiger charge is -2.30. The van der Waals surface area contributed by atoms with Gasteiger partial charge >= 0.3 is 5.97 Å². The minimum atomic E-state index is -0.465. The fourth-order valence-electron chi connectivity index (χ4n) is 5.72. The van der Waals surface area contributed by atoms with E-state index in [1.54, 1.807) is 17.0 Å². The summed E-state index contributed by atoms with van der Waals surface area (Å²) in [6, 6.07) is 13.0. The minimum absolute atomic E-state index is 0.0736. The predicted molar refractivity (Wildman–Crippen MR) is 141 cm³/mol. The summed E-state index contributed by atoms with van der Waals surface area (Å²) in [5.74, 6) is 0.236. The van der Waals surface area contributed by atoms with Crippen molar-refractivity contribution >= 4 is 39.9 Å². The number of carbonyl (C=O) groups is 3. The van der Waals surface area contributed by atoms with E-state index in [-0.39, 0.29) is 29.4 Å². The van der Waals surface area contributed by atoms with Gasteiger partial charge in [0.05, 0.1) is 24.5 Å². The van der Waals surface area contributed by atoms with Crippen molar-refractivity contribution in [3.05, 3.63) is 58.6 Å². The van der Waals surface area contributed by atoms with Crippen molar-refractivity contribution in [2.75, 3.05) is 24.6 Å². The standard InChI is InChI=1S/C28H26N4O5S/c1-28(2)13-19-23(24(33)30-28)38-27(29-19)31-9-10-36-22-8-7-17(11-20(22)31)15-3-5-16(6-4-15)25(34)32-14-18-12-21(32)26(35)37-18/h3-8,11,18,21H,9-10,12-14H2,1-2H3,(H,30,33)/t18-,21+/m0/s1. The Balaban J connectivity index is 1.16.